The summed E-state index contributed by atoms with van der Waals surface area (Å²) in [5.41, 5.74) is 1.64. The molecule has 0 fully saturated rings. The number of rotatable bonds is 5. The maximum Gasteiger partial charge on any atom is 0.251 e. The zero-order chi connectivity index (χ0) is 13.7. The van der Waals surface area contributed by atoms with Gasteiger partial charge in [-0.3, -0.25) is 14.5 Å². The van der Waals surface area contributed by atoms with Crippen molar-refractivity contribution in [2.45, 2.75) is 32.9 Å². The molecule has 6 nitrogen and oxygen atoms in total. The summed E-state index contributed by atoms with van der Waals surface area (Å²) in [6, 6.07) is 1.73. The van der Waals surface area contributed by atoms with Gasteiger partial charge in [0.25, 0.3) is 5.91 Å². The molecule has 0 aliphatic rings. The predicted molar refractivity (Wildman–Crippen MR) is 70.6 cm³/mol. The Morgan fingerprint density at radius 2 is 2.32 bits per heavy atom. The zero-order valence-electron chi connectivity index (χ0n) is 11.1. The molecule has 1 N–H and O–H groups in total. The molecule has 0 radical (unpaired) electrons. The van der Waals surface area contributed by atoms with Crippen molar-refractivity contribution in [1.82, 2.24) is 25.1 Å². The van der Waals surface area contributed by atoms with Gasteiger partial charge in [0.05, 0.1) is 6.54 Å². The Labute approximate surface area is 111 Å². The number of amides is 1. The first-order valence-corrected chi connectivity index (χ1v) is 6.27. The third-order valence-corrected chi connectivity index (χ3v) is 2.83. The summed E-state index contributed by atoms with van der Waals surface area (Å²) in [5.74, 6) is -0.0770. The van der Waals surface area contributed by atoms with E-state index in [0.717, 1.165) is 12.0 Å². The number of aromatic nitrogens is 4. The standard InChI is InChI=1S/C13H17N5O/c1-3-11-6-14-5-4-12(11)13(19)17-10(2)7-18-9-15-8-16-18/h4-6,8-10H,3,7H2,1-2H3,(H,17,19)/t10-/m1/s1. The maximum absolute atomic E-state index is 12.2. The highest BCUT2D eigenvalue weighted by Gasteiger charge is 2.13. The molecular weight excluding hydrogens is 242 g/mol. The quantitative estimate of drug-likeness (QED) is 0.871. The molecule has 0 aliphatic heterocycles. The lowest BCUT2D eigenvalue weighted by atomic mass is 10.1. The van der Waals surface area contributed by atoms with Crippen molar-refractivity contribution in [3.8, 4) is 0 Å². The van der Waals surface area contributed by atoms with Gasteiger partial charge in [0.1, 0.15) is 12.7 Å². The normalized spacial score (nSPS) is 12.1. The molecule has 0 saturated carbocycles. The zero-order valence-corrected chi connectivity index (χ0v) is 11.1. The van der Waals surface area contributed by atoms with Crippen LogP contribution < -0.4 is 5.32 Å². The highest BCUT2D eigenvalue weighted by molar-refractivity contribution is 5.95. The Kier molecular flexibility index (Phi) is 4.22. The van der Waals surface area contributed by atoms with Gasteiger partial charge in [-0.2, -0.15) is 5.10 Å². The van der Waals surface area contributed by atoms with Crippen molar-refractivity contribution in [2.75, 3.05) is 0 Å². The first-order chi connectivity index (χ1) is 9.20. The SMILES string of the molecule is CCc1cnccc1C(=O)N[C@H](C)Cn1cncn1. The number of pyridine rings is 1. The minimum atomic E-state index is -0.0770. The van der Waals surface area contributed by atoms with Crippen LogP contribution in [0.5, 0.6) is 0 Å². The minimum absolute atomic E-state index is 0.0212. The van der Waals surface area contributed by atoms with Crippen LogP contribution in [0.4, 0.5) is 0 Å². The highest BCUT2D eigenvalue weighted by Crippen LogP contribution is 2.07. The van der Waals surface area contributed by atoms with Crippen LogP contribution in [-0.4, -0.2) is 31.7 Å². The van der Waals surface area contributed by atoms with Crippen molar-refractivity contribution in [1.29, 1.82) is 0 Å². The van der Waals surface area contributed by atoms with Gasteiger partial charge in [0.15, 0.2) is 0 Å². The molecule has 6 heteroatoms. The van der Waals surface area contributed by atoms with Crippen molar-refractivity contribution in [2.24, 2.45) is 0 Å². The molecule has 2 aromatic heterocycles. The van der Waals surface area contributed by atoms with Crippen molar-refractivity contribution < 1.29 is 4.79 Å². The maximum atomic E-state index is 12.2. The van der Waals surface area contributed by atoms with E-state index in [1.54, 1.807) is 29.5 Å². The van der Waals surface area contributed by atoms with E-state index in [-0.39, 0.29) is 11.9 Å². The van der Waals surface area contributed by atoms with Crippen LogP contribution in [0.2, 0.25) is 0 Å². The lowest BCUT2D eigenvalue weighted by molar-refractivity contribution is 0.0935. The molecule has 2 rings (SSSR count). The molecule has 0 aliphatic carbocycles. The molecule has 2 heterocycles. The van der Waals surface area contributed by atoms with Gasteiger partial charge in [-0.25, -0.2) is 4.98 Å². The number of carbonyl (C=O) groups excluding carboxylic acids is 1. The van der Waals surface area contributed by atoms with Crippen LogP contribution in [0.15, 0.2) is 31.1 Å². The van der Waals surface area contributed by atoms with Crippen molar-refractivity contribution in [3.05, 3.63) is 42.2 Å². The summed E-state index contributed by atoms with van der Waals surface area (Å²) < 4.78 is 1.69. The number of hydrogen-bond acceptors (Lipinski definition) is 4. The molecule has 0 spiro atoms. The largest absolute Gasteiger partial charge is 0.348 e. The van der Waals surface area contributed by atoms with Crippen LogP contribution in [0.3, 0.4) is 0 Å². The summed E-state index contributed by atoms with van der Waals surface area (Å²) in [6.45, 7) is 4.54. The Morgan fingerprint density at radius 1 is 1.47 bits per heavy atom. The molecule has 1 amide bonds. The summed E-state index contributed by atoms with van der Waals surface area (Å²) in [4.78, 5) is 20.1. The van der Waals surface area contributed by atoms with E-state index in [2.05, 4.69) is 20.4 Å². The average molecular weight is 259 g/mol. The lowest BCUT2D eigenvalue weighted by Gasteiger charge is -2.14. The Balaban J connectivity index is 2.00. The fourth-order valence-corrected chi connectivity index (χ4v) is 1.89. The third kappa shape index (κ3) is 3.37. The average Bonchev–Trinajstić information content (AvgIpc) is 2.91. The second-order valence-electron chi connectivity index (χ2n) is 4.38. The Bertz CT molecular complexity index is 538. The molecule has 100 valence electrons. The summed E-state index contributed by atoms with van der Waals surface area (Å²) in [5, 5.41) is 6.97. The first kappa shape index (κ1) is 13.2. The van der Waals surface area contributed by atoms with Crippen LogP contribution in [0, 0.1) is 0 Å². The highest BCUT2D eigenvalue weighted by atomic mass is 16.1. The van der Waals surface area contributed by atoms with E-state index in [4.69, 9.17) is 0 Å². The van der Waals surface area contributed by atoms with Gasteiger partial charge < -0.3 is 5.32 Å². The summed E-state index contributed by atoms with van der Waals surface area (Å²) in [7, 11) is 0. The van der Waals surface area contributed by atoms with Gasteiger partial charge in [0.2, 0.25) is 0 Å². The van der Waals surface area contributed by atoms with Gasteiger partial charge in [-0.15, -0.1) is 0 Å². The summed E-state index contributed by atoms with van der Waals surface area (Å²) in [6.07, 6.45) is 7.26. The van der Waals surface area contributed by atoms with E-state index >= 15 is 0 Å². The topological polar surface area (TPSA) is 72.7 Å². The van der Waals surface area contributed by atoms with E-state index in [1.807, 2.05) is 13.8 Å². The number of nitrogens with one attached hydrogen (secondary N) is 1. The lowest BCUT2D eigenvalue weighted by Crippen LogP contribution is -2.36. The Morgan fingerprint density at radius 3 is 3.00 bits per heavy atom. The fourth-order valence-electron chi connectivity index (χ4n) is 1.89. The smallest absolute Gasteiger partial charge is 0.251 e. The van der Waals surface area contributed by atoms with Gasteiger partial charge in [-0.05, 0) is 25.0 Å². The van der Waals surface area contributed by atoms with E-state index in [0.29, 0.717) is 12.1 Å². The van der Waals surface area contributed by atoms with Crippen molar-refractivity contribution in [3.63, 3.8) is 0 Å². The molecule has 19 heavy (non-hydrogen) atoms. The number of hydrogen-bond donors (Lipinski definition) is 1. The predicted octanol–water partition coefficient (Wildman–Crippen LogP) is 1.05. The fraction of sp³-hybridized carbons (Fsp3) is 0.385. The number of carbonyl (C=O) groups is 1. The van der Waals surface area contributed by atoms with E-state index < -0.39 is 0 Å². The monoisotopic (exact) mass is 259 g/mol. The molecule has 1 atom stereocenters. The number of nitrogens with zero attached hydrogens (tertiary/aromatic N) is 4. The van der Waals surface area contributed by atoms with Crippen LogP contribution in [-0.2, 0) is 13.0 Å². The number of aryl methyl sites for hydroxylation is 1. The molecule has 0 saturated heterocycles. The Hall–Kier alpha value is -2.24. The molecular formula is C13H17N5O. The van der Waals surface area contributed by atoms with Gasteiger partial charge >= 0.3 is 0 Å². The second-order valence-corrected chi connectivity index (χ2v) is 4.38. The van der Waals surface area contributed by atoms with Crippen LogP contribution >= 0.6 is 0 Å². The third-order valence-electron chi connectivity index (χ3n) is 2.83. The van der Waals surface area contributed by atoms with Crippen molar-refractivity contribution >= 4 is 5.91 Å². The first-order valence-electron chi connectivity index (χ1n) is 6.27. The molecule has 0 bridgehead atoms. The van der Waals surface area contributed by atoms with Crippen LogP contribution in [0.1, 0.15) is 29.8 Å². The minimum Gasteiger partial charge on any atom is -0.348 e. The second kappa shape index (κ2) is 6.08. The van der Waals surface area contributed by atoms with Crippen LogP contribution in [0.25, 0.3) is 0 Å². The molecule has 0 aromatic carbocycles. The molecule has 0 unspecified atom stereocenters. The van der Waals surface area contributed by atoms with E-state index in [9.17, 15) is 4.79 Å². The van der Waals surface area contributed by atoms with E-state index in [1.165, 1.54) is 6.33 Å². The molecule has 2 aromatic rings. The van der Waals surface area contributed by atoms with Gasteiger partial charge in [-0.1, -0.05) is 6.92 Å². The summed E-state index contributed by atoms with van der Waals surface area (Å²) >= 11 is 0. The van der Waals surface area contributed by atoms with Gasteiger partial charge in [0, 0.05) is 24.0 Å².